The minimum atomic E-state index is -4.34. The first-order valence-corrected chi connectivity index (χ1v) is 5.18. The molecule has 0 atom stereocenters. The van der Waals surface area contributed by atoms with Crippen molar-refractivity contribution in [1.29, 1.82) is 5.26 Å². The summed E-state index contributed by atoms with van der Waals surface area (Å²) in [6.07, 6.45) is -4.34. The molecule has 0 saturated heterocycles. The summed E-state index contributed by atoms with van der Waals surface area (Å²) in [7, 11) is 0. The minimum Gasteiger partial charge on any atom is -0.192 e. The molecule has 0 bridgehead atoms. The van der Waals surface area contributed by atoms with Crippen LogP contribution in [0.3, 0.4) is 0 Å². The van der Waals surface area contributed by atoms with Crippen LogP contribution in [0.2, 0.25) is 0 Å². The third kappa shape index (κ3) is 2.51. The molecule has 0 aromatic heterocycles. The normalized spacial score (nSPS) is 11.0. The lowest BCUT2D eigenvalue weighted by Crippen LogP contribution is -2.04. The molecule has 0 aliphatic heterocycles. The van der Waals surface area contributed by atoms with E-state index in [1.807, 2.05) is 6.07 Å². The van der Waals surface area contributed by atoms with Crippen molar-refractivity contribution in [2.75, 3.05) is 0 Å². The molecular weight excluding hydrogens is 239 g/mol. The van der Waals surface area contributed by atoms with Crippen molar-refractivity contribution < 1.29 is 13.2 Å². The average molecular weight is 247 g/mol. The van der Waals surface area contributed by atoms with Gasteiger partial charge in [-0.15, -0.1) is 0 Å². The van der Waals surface area contributed by atoms with E-state index in [0.29, 0.717) is 16.7 Å². The van der Waals surface area contributed by atoms with Crippen LogP contribution in [0.25, 0.3) is 11.1 Å². The summed E-state index contributed by atoms with van der Waals surface area (Å²) in [5.74, 6) is 0. The highest BCUT2D eigenvalue weighted by molar-refractivity contribution is 5.65. The number of hydrogen-bond acceptors (Lipinski definition) is 1. The van der Waals surface area contributed by atoms with Gasteiger partial charge in [-0.05, 0) is 35.4 Å². The van der Waals surface area contributed by atoms with Crippen LogP contribution in [0.4, 0.5) is 13.2 Å². The molecule has 0 fully saturated rings. The van der Waals surface area contributed by atoms with Gasteiger partial charge in [-0.25, -0.2) is 0 Å². The van der Waals surface area contributed by atoms with Crippen molar-refractivity contribution in [3.63, 3.8) is 0 Å². The Hall–Kier alpha value is -2.28. The van der Waals surface area contributed by atoms with E-state index in [1.165, 1.54) is 6.07 Å². The molecule has 1 nitrogen and oxygen atoms in total. The van der Waals surface area contributed by atoms with Crippen LogP contribution in [-0.2, 0) is 6.18 Å². The first kappa shape index (κ1) is 12.2. The fourth-order valence-corrected chi connectivity index (χ4v) is 1.61. The minimum absolute atomic E-state index is 0.478. The second kappa shape index (κ2) is 4.53. The number of hydrogen-bond donors (Lipinski definition) is 0. The van der Waals surface area contributed by atoms with Gasteiger partial charge in [0.2, 0.25) is 0 Å². The van der Waals surface area contributed by atoms with Crippen LogP contribution >= 0.6 is 0 Å². The number of alkyl halides is 3. The van der Waals surface area contributed by atoms with Gasteiger partial charge in [-0.1, -0.05) is 24.3 Å². The summed E-state index contributed by atoms with van der Waals surface area (Å²) in [6, 6.07) is 13.5. The highest BCUT2D eigenvalue weighted by Gasteiger charge is 2.30. The van der Waals surface area contributed by atoms with Gasteiger partial charge in [0.05, 0.1) is 17.2 Å². The second-order valence-corrected chi connectivity index (χ2v) is 3.77. The lowest BCUT2D eigenvalue weighted by atomic mass is 10.0. The van der Waals surface area contributed by atoms with Gasteiger partial charge in [-0.3, -0.25) is 0 Å². The molecule has 2 aromatic rings. The lowest BCUT2D eigenvalue weighted by molar-refractivity contribution is -0.137. The topological polar surface area (TPSA) is 23.8 Å². The van der Waals surface area contributed by atoms with Crippen molar-refractivity contribution >= 4 is 0 Å². The van der Waals surface area contributed by atoms with Gasteiger partial charge in [0.15, 0.2) is 0 Å². The van der Waals surface area contributed by atoms with Crippen molar-refractivity contribution in [2.45, 2.75) is 6.18 Å². The largest absolute Gasteiger partial charge is 0.416 e. The number of halogens is 3. The van der Waals surface area contributed by atoms with Crippen molar-refractivity contribution in [3.8, 4) is 17.2 Å². The van der Waals surface area contributed by atoms with Crippen LogP contribution in [0.1, 0.15) is 11.1 Å². The number of nitriles is 1. The van der Waals surface area contributed by atoms with Gasteiger partial charge < -0.3 is 0 Å². The third-order valence-electron chi connectivity index (χ3n) is 2.54. The average Bonchev–Trinajstić information content (AvgIpc) is 2.38. The molecule has 0 radical (unpaired) electrons. The monoisotopic (exact) mass is 247 g/mol. The van der Waals surface area contributed by atoms with Crippen LogP contribution in [-0.4, -0.2) is 0 Å². The summed E-state index contributed by atoms with van der Waals surface area (Å²) in [6.45, 7) is 0. The molecule has 0 saturated carbocycles. The van der Waals surface area contributed by atoms with E-state index in [1.54, 1.807) is 30.3 Å². The summed E-state index contributed by atoms with van der Waals surface area (Å²) in [5, 5.41) is 8.65. The zero-order valence-electron chi connectivity index (χ0n) is 9.20. The Kier molecular flexibility index (Phi) is 3.07. The molecule has 0 amide bonds. The molecule has 90 valence electrons. The summed E-state index contributed by atoms with van der Waals surface area (Å²) in [4.78, 5) is 0. The van der Waals surface area contributed by atoms with Crippen LogP contribution in [0.5, 0.6) is 0 Å². The molecule has 0 aliphatic rings. The smallest absolute Gasteiger partial charge is 0.192 e. The molecule has 0 aliphatic carbocycles. The highest BCUT2D eigenvalue weighted by atomic mass is 19.4. The maximum atomic E-state index is 12.6. The van der Waals surface area contributed by atoms with Crippen molar-refractivity contribution in [2.24, 2.45) is 0 Å². The van der Waals surface area contributed by atoms with Gasteiger partial charge >= 0.3 is 6.18 Å². The Labute approximate surface area is 102 Å². The predicted molar refractivity (Wildman–Crippen MR) is 61.6 cm³/mol. The van der Waals surface area contributed by atoms with Crippen molar-refractivity contribution in [3.05, 3.63) is 59.7 Å². The summed E-state index contributed by atoms with van der Waals surface area (Å²) >= 11 is 0. The van der Waals surface area contributed by atoms with E-state index in [2.05, 4.69) is 0 Å². The Morgan fingerprint density at radius 2 is 1.56 bits per heavy atom. The van der Waals surface area contributed by atoms with E-state index in [9.17, 15) is 13.2 Å². The Morgan fingerprint density at radius 3 is 2.11 bits per heavy atom. The molecule has 0 N–H and O–H groups in total. The molecule has 0 unspecified atom stereocenters. The number of rotatable bonds is 1. The fraction of sp³-hybridized carbons (Fsp3) is 0.0714. The first-order valence-electron chi connectivity index (χ1n) is 5.18. The maximum Gasteiger partial charge on any atom is 0.416 e. The second-order valence-electron chi connectivity index (χ2n) is 3.77. The van der Waals surface area contributed by atoms with E-state index >= 15 is 0 Å². The van der Waals surface area contributed by atoms with Crippen LogP contribution < -0.4 is 0 Å². The van der Waals surface area contributed by atoms with Gasteiger partial charge in [-0.2, -0.15) is 18.4 Å². The molecule has 2 rings (SSSR count). The standard InChI is InChI=1S/C14H8F3N/c15-14(16,17)13-3-1-2-12(8-13)11-6-4-10(9-18)5-7-11/h1-8H. The lowest BCUT2D eigenvalue weighted by Gasteiger charge is -2.08. The first-order chi connectivity index (χ1) is 8.50. The Morgan fingerprint density at radius 1 is 0.889 bits per heavy atom. The Bertz CT molecular complexity index is 592. The molecule has 4 heteroatoms. The van der Waals surface area contributed by atoms with E-state index in [0.717, 1.165) is 12.1 Å². The molecule has 2 aromatic carbocycles. The third-order valence-corrected chi connectivity index (χ3v) is 2.54. The zero-order valence-corrected chi connectivity index (χ0v) is 9.20. The molecular formula is C14H8F3N. The SMILES string of the molecule is N#Cc1ccc(-c2cccc(C(F)(F)F)c2)cc1. The molecule has 18 heavy (non-hydrogen) atoms. The summed E-state index contributed by atoms with van der Waals surface area (Å²) < 4.78 is 37.7. The maximum absolute atomic E-state index is 12.6. The van der Waals surface area contributed by atoms with Crippen LogP contribution in [0.15, 0.2) is 48.5 Å². The van der Waals surface area contributed by atoms with E-state index in [4.69, 9.17) is 5.26 Å². The molecule has 0 spiro atoms. The van der Waals surface area contributed by atoms with Gasteiger partial charge in [0.1, 0.15) is 0 Å². The van der Waals surface area contributed by atoms with Crippen LogP contribution in [0, 0.1) is 11.3 Å². The summed E-state index contributed by atoms with van der Waals surface area (Å²) in [5.41, 5.74) is 0.935. The highest BCUT2D eigenvalue weighted by Crippen LogP contribution is 2.32. The fourth-order valence-electron chi connectivity index (χ4n) is 1.61. The quantitative estimate of drug-likeness (QED) is 0.739. The van der Waals surface area contributed by atoms with Gasteiger partial charge in [0.25, 0.3) is 0 Å². The number of nitrogens with zero attached hydrogens (tertiary/aromatic N) is 1. The predicted octanol–water partition coefficient (Wildman–Crippen LogP) is 4.24. The van der Waals surface area contributed by atoms with E-state index in [-0.39, 0.29) is 0 Å². The Balaban J connectivity index is 2.42. The van der Waals surface area contributed by atoms with Gasteiger partial charge in [0, 0.05) is 0 Å². The molecule has 0 heterocycles. The van der Waals surface area contributed by atoms with Crippen molar-refractivity contribution in [1.82, 2.24) is 0 Å². The van der Waals surface area contributed by atoms with E-state index < -0.39 is 11.7 Å². The zero-order chi connectivity index (χ0) is 13.2. The number of benzene rings is 2.